The van der Waals surface area contributed by atoms with Crippen LogP contribution in [0.15, 0.2) is 65.4 Å². The summed E-state index contributed by atoms with van der Waals surface area (Å²) in [7, 11) is 0. The molecule has 5 nitrogen and oxygen atoms in total. The van der Waals surface area contributed by atoms with Crippen LogP contribution in [0, 0.1) is 0 Å². The summed E-state index contributed by atoms with van der Waals surface area (Å²) in [6.45, 7) is 2.63. The fourth-order valence-corrected chi connectivity index (χ4v) is 3.06. The Morgan fingerprint density at radius 1 is 1.26 bits per heavy atom. The first-order chi connectivity index (χ1) is 13.1. The molecule has 27 heavy (non-hydrogen) atoms. The maximum absolute atomic E-state index is 12.6. The first-order valence-electron chi connectivity index (χ1n) is 8.51. The predicted molar refractivity (Wildman–Crippen MR) is 108 cm³/mol. The Morgan fingerprint density at radius 2 is 2.04 bits per heavy atom. The van der Waals surface area contributed by atoms with Crippen molar-refractivity contribution in [1.82, 2.24) is 9.55 Å². The van der Waals surface area contributed by atoms with Gasteiger partial charge in [-0.05, 0) is 52.2 Å². The van der Waals surface area contributed by atoms with E-state index in [1.165, 1.54) is 0 Å². The molecule has 0 saturated heterocycles. The van der Waals surface area contributed by atoms with E-state index in [0.717, 1.165) is 11.1 Å². The predicted octanol–water partition coefficient (Wildman–Crippen LogP) is 4.50. The van der Waals surface area contributed by atoms with Crippen LogP contribution in [0.4, 0.5) is 0 Å². The molecule has 1 N–H and O–H groups in total. The number of hydrogen-bond donors (Lipinski definition) is 1. The van der Waals surface area contributed by atoms with Gasteiger partial charge in [-0.3, -0.25) is 0 Å². The fourth-order valence-electron chi connectivity index (χ4n) is 2.66. The third-order valence-corrected chi connectivity index (χ3v) is 4.57. The number of imidazole rings is 1. The number of rotatable bonds is 6. The van der Waals surface area contributed by atoms with Crippen molar-refractivity contribution in [3.05, 3.63) is 82.3 Å². The van der Waals surface area contributed by atoms with Crippen LogP contribution in [0.3, 0.4) is 0 Å². The lowest BCUT2D eigenvalue weighted by Crippen LogP contribution is -2.12. The lowest BCUT2D eigenvalue weighted by atomic mass is 10.1. The van der Waals surface area contributed by atoms with Crippen molar-refractivity contribution in [3.63, 3.8) is 0 Å². The van der Waals surface area contributed by atoms with Crippen molar-refractivity contribution in [2.24, 2.45) is 0 Å². The van der Waals surface area contributed by atoms with Gasteiger partial charge in [0, 0.05) is 18.9 Å². The van der Waals surface area contributed by atoms with Crippen molar-refractivity contribution < 1.29 is 14.6 Å². The summed E-state index contributed by atoms with van der Waals surface area (Å²) >= 11 is 3.29. The van der Waals surface area contributed by atoms with Gasteiger partial charge < -0.3 is 14.4 Å². The Labute approximate surface area is 166 Å². The number of carbonyl (C=O) groups excluding carboxylic acids is 1. The van der Waals surface area contributed by atoms with Crippen LogP contribution in [-0.4, -0.2) is 27.2 Å². The molecule has 0 unspecified atom stereocenters. The van der Waals surface area contributed by atoms with E-state index in [1.807, 2.05) is 41.1 Å². The van der Waals surface area contributed by atoms with E-state index >= 15 is 0 Å². The highest BCUT2D eigenvalue weighted by Gasteiger charge is 2.19. The number of aromatic hydroxyl groups is 1. The van der Waals surface area contributed by atoms with Gasteiger partial charge >= 0.3 is 5.97 Å². The average Bonchev–Trinajstić information content (AvgIpc) is 3.11. The van der Waals surface area contributed by atoms with Crippen molar-refractivity contribution in [1.29, 1.82) is 0 Å². The number of ether oxygens (including phenoxy) is 1. The highest BCUT2D eigenvalue weighted by atomic mass is 79.9. The quantitative estimate of drug-likeness (QED) is 0.465. The molecule has 3 aromatic rings. The van der Waals surface area contributed by atoms with Crippen molar-refractivity contribution in [3.8, 4) is 5.75 Å². The van der Waals surface area contributed by atoms with Crippen molar-refractivity contribution >= 4 is 33.5 Å². The zero-order valence-corrected chi connectivity index (χ0v) is 16.4. The number of esters is 1. The average molecular weight is 427 g/mol. The molecule has 0 amide bonds. The van der Waals surface area contributed by atoms with Gasteiger partial charge in [0.25, 0.3) is 0 Å². The molecule has 0 atom stereocenters. The topological polar surface area (TPSA) is 64.3 Å². The zero-order valence-electron chi connectivity index (χ0n) is 14.8. The van der Waals surface area contributed by atoms with Gasteiger partial charge in [0.2, 0.25) is 0 Å². The van der Waals surface area contributed by atoms with Gasteiger partial charge in [0.1, 0.15) is 17.1 Å². The first kappa shape index (κ1) is 18.9. The molecule has 1 aromatic heterocycles. The van der Waals surface area contributed by atoms with Crippen molar-refractivity contribution in [2.45, 2.75) is 13.5 Å². The number of hydrogen-bond acceptors (Lipinski definition) is 4. The summed E-state index contributed by atoms with van der Waals surface area (Å²) in [6, 6.07) is 15.0. The molecule has 0 fully saturated rings. The highest BCUT2D eigenvalue weighted by molar-refractivity contribution is 9.10. The Balaban J connectivity index is 2.02. The number of aromatic nitrogens is 2. The van der Waals surface area contributed by atoms with Crippen LogP contribution >= 0.6 is 15.9 Å². The second kappa shape index (κ2) is 8.68. The molecule has 138 valence electrons. The minimum Gasteiger partial charge on any atom is -0.507 e. The molecule has 0 bridgehead atoms. The van der Waals surface area contributed by atoms with Gasteiger partial charge in [-0.1, -0.05) is 36.4 Å². The Hall–Kier alpha value is -2.86. The smallest absolute Gasteiger partial charge is 0.341 e. The van der Waals surface area contributed by atoms with Crippen molar-refractivity contribution in [2.75, 3.05) is 6.61 Å². The molecule has 0 spiro atoms. The summed E-state index contributed by atoms with van der Waals surface area (Å²) < 4.78 is 7.70. The standard InChI is InChI=1S/C21H19BrN2O3/c1-2-27-21(26)17(12-16-8-9-19(25)18(22)13-16)20-23-10-11-24(20)14-15-6-4-3-5-7-15/h3-13,25H,2,14H2,1H3/b17-12+. The molecule has 0 radical (unpaired) electrons. The largest absolute Gasteiger partial charge is 0.507 e. The lowest BCUT2D eigenvalue weighted by Gasteiger charge is -2.11. The summed E-state index contributed by atoms with van der Waals surface area (Å²) in [5.74, 6) is 0.221. The molecule has 6 heteroatoms. The summed E-state index contributed by atoms with van der Waals surface area (Å²) in [6.07, 6.45) is 5.21. The van der Waals surface area contributed by atoms with Gasteiger partial charge in [-0.25, -0.2) is 9.78 Å². The number of halogens is 1. The number of benzene rings is 2. The normalized spacial score (nSPS) is 11.4. The van der Waals surface area contributed by atoms with E-state index in [9.17, 15) is 9.90 Å². The van der Waals surface area contributed by atoms with Gasteiger partial charge in [-0.2, -0.15) is 0 Å². The fraction of sp³-hybridized carbons (Fsp3) is 0.143. The van der Waals surface area contributed by atoms with E-state index in [1.54, 1.807) is 37.4 Å². The molecule has 0 aliphatic heterocycles. The SMILES string of the molecule is CCOC(=O)/C(=C/c1ccc(O)c(Br)c1)c1nccn1Cc1ccccc1. The third kappa shape index (κ3) is 4.65. The second-order valence-electron chi connectivity index (χ2n) is 5.85. The molecule has 3 rings (SSSR count). The molecule has 2 aromatic carbocycles. The summed E-state index contributed by atoms with van der Waals surface area (Å²) in [5.41, 5.74) is 2.21. The molecular formula is C21H19BrN2O3. The van der Waals surface area contributed by atoms with Crippen LogP contribution in [0.25, 0.3) is 11.6 Å². The molecule has 0 aliphatic rings. The number of nitrogens with zero attached hydrogens (tertiary/aromatic N) is 2. The van der Waals surface area contributed by atoms with Crippen LogP contribution in [0.1, 0.15) is 23.9 Å². The molecule has 0 aliphatic carbocycles. The van der Waals surface area contributed by atoms with E-state index in [-0.39, 0.29) is 12.4 Å². The Morgan fingerprint density at radius 3 is 2.74 bits per heavy atom. The second-order valence-corrected chi connectivity index (χ2v) is 6.71. The summed E-state index contributed by atoms with van der Waals surface area (Å²) in [4.78, 5) is 17.0. The molecule has 0 saturated carbocycles. The van der Waals surface area contributed by atoms with E-state index < -0.39 is 5.97 Å². The first-order valence-corrected chi connectivity index (χ1v) is 9.30. The van der Waals surface area contributed by atoms with Crippen LogP contribution in [-0.2, 0) is 16.1 Å². The lowest BCUT2D eigenvalue weighted by molar-refractivity contribution is -0.136. The van der Waals surface area contributed by atoms with Gasteiger partial charge in [0.05, 0.1) is 11.1 Å². The van der Waals surface area contributed by atoms with E-state index in [4.69, 9.17) is 4.74 Å². The summed E-state index contributed by atoms with van der Waals surface area (Å²) in [5, 5.41) is 9.69. The number of phenols is 1. The monoisotopic (exact) mass is 426 g/mol. The maximum Gasteiger partial charge on any atom is 0.341 e. The van der Waals surface area contributed by atoms with Gasteiger partial charge in [0.15, 0.2) is 0 Å². The highest BCUT2D eigenvalue weighted by Crippen LogP contribution is 2.27. The van der Waals surface area contributed by atoms with Crippen LogP contribution in [0.2, 0.25) is 0 Å². The Kier molecular flexibility index (Phi) is 6.08. The van der Waals surface area contributed by atoms with Crippen LogP contribution < -0.4 is 0 Å². The molecule has 1 heterocycles. The maximum atomic E-state index is 12.6. The van der Waals surface area contributed by atoms with E-state index in [2.05, 4.69) is 20.9 Å². The molecular weight excluding hydrogens is 408 g/mol. The minimum atomic E-state index is -0.442. The minimum absolute atomic E-state index is 0.135. The van der Waals surface area contributed by atoms with Gasteiger partial charge in [-0.15, -0.1) is 0 Å². The van der Waals surface area contributed by atoms with Crippen LogP contribution in [0.5, 0.6) is 5.75 Å². The number of carbonyl (C=O) groups is 1. The Bertz CT molecular complexity index is 965. The zero-order chi connectivity index (χ0) is 19.2. The number of phenolic OH excluding ortho intramolecular Hbond substituents is 1. The third-order valence-electron chi connectivity index (χ3n) is 3.93. The van der Waals surface area contributed by atoms with E-state index in [0.29, 0.717) is 22.4 Å².